The summed E-state index contributed by atoms with van der Waals surface area (Å²) in [5, 5.41) is 9.96. The molecule has 172 valence electrons. The average Bonchev–Trinajstić information content (AvgIpc) is 2.91. The van der Waals surface area contributed by atoms with Gasteiger partial charge in [0.1, 0.15) is 11.6 Å². The van der Waals surface area contributed by atoms with Crippen LogP contribution in [-0.4, -0.2) is 23.0 Å². The maximum Gasteiger partial charge on any atom is 0.337 e. The van der Waals surface area contributed by atoms with Gasteiger partial charge in [0.2, 0.25) is 0 Å². The van der Waals surface area contributed by atoms with Crippen LogP contribution in [0.3, 0.4) is 0 Å². The maximum atomic E-state index is 12.6. The van der Waals surface area contributed by atoms with E-state index in [1.807, 2.05) is 85.0 Å². The molecule has 0 bridgehead atoms. The fourth-order valence-corrected chi connectivity index (χ4v) is 4.17. The van der Waals surface area contributed by atoms with Gasteiger partial charge in [-0.3, -0.25) is 4.79 Å². The molecule has 0 spiro atoms. The first-order valence-electron chi connectivity index (χ1n) is 10.8. The second-order valence-corrected chi connectivity index (χ2v) is 8.51. The van der Waals surface area contributed by atoms with Crippen LogP contribution in [0, 0.1) is 11.3 Å². The average molecular weight is 480 g/mol. The lowest BCUT2D eigenvalue weighted by molar-refractivity contribution is 0.0600. The summed E-state index contributed by atoms with van der Waals surface area (Å²) in [7, 11) is 1.34. The topological polar surface area (TPSA) is 95.8 Å². The van der Waals surface area contributed by atoms with Crippen molar-refractivity contribution >= 4 is 29.9 Å². The highest BCUT2D eigenvalue weighted by molar-refractivity contribution is 7.98. The fraction of sp³-hybridized carbons (Fsp3) is 0.0714. The lowest BCUT2D eigenvalue weighted by Crippen LogP contribution is -2.14. The van der Waals surface area contributed by atoms with E-state index in [-0.39, 0.29) is 5.56 Å². The summed E-state index contributed by atoms with van der Waals surface area (Å²) in [6.45, 7) is 0. The number of benzene rings is 3. The molecular weight excluding hydrogens is 458 g/mol. The molecule has 0 saturated heterocycles. The van der Waals surface area contributed by atoms with Crippen molar-refractivity contribution in [3.05, 3.63) is 117 Å². The summed E-state index contributed by atoms with van der Waals surface area (Å²) >= 11 is 1.34. The molecule has 35 heavy (non-hydrogen) atoms. The lowest BCUT2D eigenvalue weighted by Gasteiger charge is -2.07. The maximum absolute atomic E-state index is 12.6. The summed E-state index contributed by atoms with van der Waals surface area (Å²) in [6, 6.07) is 26.5. The van der Waals surface area contributed by atoms with E-state index >= 15 is 0 Å². The van der Waals surface area contributed by atoms with Crippen LogP contribution in [0.1, 0.15) is 32.6 Å². The van der Waals surface area contributed by atoms with Crippen LogP contribution in [0.25, 0.3) is 23.4 Å². The van der Waals surface area contributed by atoms with Gasteiger partial charge in [0.05, 0.1) is 18.4 Å². The first-order chi connectivity index (χ1) is 17.1. The predicted octanol–water partition coefficient (Wildman–Crippen LogP) is 5.56. The molecule has 1 N–H and O–H groups in total. The monoisotopic (exact) mass is 479 g/mol. The summed E-state index contributed by atoms with van der Waals surface area (Å²) in [6.07, 6.45) is 4.02. The zero-order valence-electron chi connectivity index (χ0n) is 18.9. The van der Waals surface area contributed by atoms with Gasteiger partial charge in [-0.05, 0) is 28.8 Å². The van der Waals surface area contributed by atoms with Gasteiger partial charge in [-0.1, -0.05) is 90.6 Å². The van der Waals surface area contributed by atoms with E-state index < -0.39 is 11.5 Å². The Morgan fingerprint density at radius 2 is 1.66 bits per heavy atom. The van der Waals surface area contributed by atoms with Gasteiger partial charge in [-0.25, -0.2) is 9.78 Å². The molecule has 4 aromatic rings. The zero-order valence-corrected chi connectivity index (χ0v) is 19.7. The first-order valence-corrected chi connectivity index (χ1v) is 11.7. The number of thioether (sulfide) groups is 1. The molecule has 7 heteroatoms. The molecule has 0 atom stereocenters. The largest absolute Gasteiger partial charge is 0.465 e. The quantitative estimate of drug-likeness (QED) is 0.161. The number of esters is 1. The van der Waals surface area contributed by atoms with E-state index in [1.165, 1.54) is 18.9 Å². The van der Waals surface area contributed by atoms with Crippen LogP contribution < -0.4 is 5.56 Å². The minimum Gasteiger partial charge on any atom is -0.465 e. The summed E-state index contributed by atoms with van der Waals surface area (Å²) in [5.41, 5.74) is 4.04. The fourth-order valence-electron chi connectivity index (χ4n) is 3.35. The highest BCUT2D eigenvalue weighted by atomic mass is 32.2. The summed E-state index contributed by atoms with van der Waals surface area (Å²) in [4.78, 5) is 31.4. The summed E-state index contributed by atoms with van der Waals surface area (Å²) in [5.74, 6) is 0.132. The molecule has 4 rings (SSSR count). The van der Waals surface area contributed by atoms with Crippen LogP contribution in [0.5, 0.6) is 0 Å². The van der Waals surface area contributed by atoms with Crippen LogP contribution in [-0.2, 0) is 10.5 Å². The second-order valence-electron chi connectivity index (χ2n) is 7.55. The second kappa shape index (κ2) is 11.1. The number of H-pyrrole nitrogens is 1. The molecule has 0 unspecified atom stereocenters. The Bertz CT molecular complexity index is 1450. The number of carbonyl (C=O) groups excluding carboxylic acids is 1. The molecule has 0 saturated carbocycles. The number of nitrogens with zero attached hydrogens (tertiary/aromatic N) is 2. The van der Waals surface area contributed by atoms with Crippen LogP contribution in [0.15, 0.2) is 88.8 Å². The highest BCUT2D eigenvalue weighted by Gasteiger charge is 2.14. The minimum absolute atomic E-state index is 0.0237. The number of hydrogen-bond donors (Lipinski definition) is 1. The van der Waals surface area contributed by atoms with E-state index in [2.05, 4.69) is 9.97 Å². The molecular formula is C28H21N3O3S. The number of hydrogen-bond acceptors (Lipinski definition) is 6. The molecule has 0 fully saturated rings. The van der Waals surface area contributed by atoms with Gasteiger partial charge in [-0.2, -0.15) is 5.26 Å². The molecule has 3 aromatic carbocycles. The van der Waals surface area contributed by atoms with Crippen LogP contribution in [0.2, 0.25) is 0 Å². The first kappa shape index (κ1) is 23.7. The van der Waals surface area contributed by atoms with E-state index in [1.54, 1.807) is 12.1 Å². The number of nitrogens with one attached hydrogen (secondary N) is 1. The van der Waals surface area contributed by atoms with Gasteiger partial charge in [0.25, 0.3) is 5.56 Å². The number of rotatable bonds is 7. The van der Waals surface area contributed by atoms with Crippen molar-refractivity contribution in [2.24, 2.45) is 0 Å². The number of aromatic amines is 1. The van der Waals surface area contributed by atoms with Crippen molar-refractivity contribution < 1.29 is 9.53 Å². The minimum atomic E-state index is -0.478. The van der Waals surface area contributed by atoms with Gasteiger partial charge in [-0.15, -0.1) is 0 Å². The van der Waals surface area contributed by atoms with Crippen molar-refractivity contribution in [2.75, 3.05) is 7.11 Å². The third-order valence-electron chi connectivity index (χ3n) is 5.21. The predicted molar refractivity (Wildman–Crippen MR) is 138 cm³/mol. The summed E-state index contributed by atoms with van der Waals surface area (Å²) < 4.78 is 4.71. The van der Waals surface area contributed by atoms with Gasteiger partial charge in [0.15, 0.2) is 5.16 Å². The Hall–Kier alpha value is -4.41. The molecule has 0 aliphatic carbocycles. The third-order valence-corrected chi connectivity index (χ3v) is 6.16. The molecule has 0 amide bonds. The van der Waals surface area contributed by atoms with Crippen molar-refractivity contribution in [3.63, 3.8) is 0 Å². The van der Waals surface area contributed by atoms with E-state index in [9.17, 15) is 14.9 Å². The van der Waals surface area contributed by atoms with Crippen molar-refractivity contribution in [1.29, 1.82) is 5.26 Å². The van der Waals surface area contributed by atoms with Gasteiger partial charge < -0.3 is 9.72 Å². The Kier molecular flexibility index (Phi) is 7.56. The lowest BCUT2D eigenvalue weighted by atomic mass is 10.0. The van der Waals surface area contributed by atoms with Crippen molar-refractivity contribution in [3.8, 4) is 17.3 Å². The molecule has 1 heterocycles. The van der Waals surface area contributed by atoms with E-state index in [4.69, 9.17) is 4.74 Å². The Balaban J connectivity index is 1.53. The van der Waals surface area contributed by atoms with E-state index in [0.717, 1.165) is 16.7 Å². The SMILES string of the molecule is COC(=O)c1ccc(CSc2nc(-c3ccc(/C=C/c4ccccc4)cc3)c(C#N)c(=O)[nH]2)cc1. The molecule has 1 aromatic heterocycles. The van der Waals surface area contributed by atoms with Crippen molar-refractivity contribution in [2.45, 2.75) is 10.9 Å². The van der Waals surface area contributed by atoms with Crippen molar-refractivity contribution in [1.82, 2.24) is 9.97 Å². The number of aromatic nitrogens is 2. The number of carbonyl (C=O) groups is 1. The Morgan fingerprint density at radius 1 is 1.00 bits per heavy atom. The van der Waals surface area contributed by atoms with Crippen LogP contribution >= 0.6 is 11.8 Å². The number of ether oxygens (including phenoxy) is 1. The standard InChI is InChI=1S/C28H21N3O3S/c1-34-27(33)23-15-11-21(12-16-23)18-35-28-30-25(24(17-29)26(32)31-28)22-13-9-20(10-14-22)8-7-19-5-3-2-4-6-19/h2-16H,18H2,1H3,(H,30,31,32)/b8-7+. The van der Waals surface area contributed by atoms with E-state index in [0.29, 0.717) is 27.7 Å². The molecule has 0 radical (unpaired) electrons. The highest BCUT2D eigenvalue weighted by Crippen LogP contribution is 2.25. The number of nitriles is 1. The normalized spacial score (nSPS) is 10.7. The Morgan fingerprint density at radius 3 is 2.29 bits per heavy atom. The van der Waals surface area contributed by atoms with Gasteiger partial charge >= 0.3 is 5.97 Å². The third kappa shape index (κ3) is 5.94. The van der Waals surface area contributed by atoms with Crippen LogP contribution in [0.4, 0.5) is 0 Å². The molecule has 0 aliphatic rings. The Labute approximate surface area is 206 Å². The van der Waals surface area contributed by atoms with Gasteiger partial charge in [0, 0.05) is 11.3 Å². The smallest absolute Gasteiger partial charge is 0.337 e. The molecule has 6 nitrogen and oxygen atoms in total. The zero-order chi connectivity index (χ0) is 24.6. The molecule has 0 aliphatic heterocycles. The number of methoxy groups -OCH3 is 1.